The first-order chi connectivity index (χ1) is 5.33. The maximum Gasteiger partial charge on any atom is 0.175 e. The van der Waals surface area contributed by atoms with Gasteiger partial charge in [-0.2, -0.15) is 10.4 Å². The van der Waals surface area contributed by atoms with Crippen LogP contribution in [-0.2, 0) is 0 Å². The van der Waals surface area contributed by atoms with Crippen LogP contribution >= 0.6 is 0 Å². The molecule has 4 nitrogen and oxygen atoms in total. The number of aromatic amines is 1. The highest BCUT2D eigenvalue weighted by Gasteiger charge is 2.09. The van der Waals surface area contributed by atoms with E-state index in [4.69, 9.17) is 9.68 Å². The first kappa shape index (κ1) is 5.98. The van der Waals surface area contributed by atoms with Gasteiger partial charge in [-0.05, 0) is 6.92 Å². The molecule has 0 bridgehead atoms. The van der Waals surface area contributed by atoms with E-state index in [1.165, 1.54) is 6.26 Å². The molecule has 0 aliphatic carbocycles. The normalized spacial score (nSPS) is 10.2. The molecule has 2 aromatic rings. The minimum absolute atomic E-state index is 0.476. The number of hydrogen-bond donors (Lipinski definition) is 1. The van der Waals surface area contributed by atoms with Gasteiger partial charge < -0.3 is 4.42 Å². The number of fused-ring (bicyclic) bond motifs is 1. The Labute approximate surface area is 62.4 Å². The molecular weight excluding hydrogens is 142 g/mol. The number of nitrogens with one attached hydrogen (secondary N) is 1. The highest BCUT2D eigenvalue weighted by atomic mass is 16.3. The fraction of sp³-hybridized carbons (Fsp3) is 0.143. The van der Waals surface area contributed by atoms with Gasteiger partial charge in [0.1, 0.15) is 23.4 Å². The molecule has 0 saturated carbocycles. The van der Waals surface area contributed by atoms with Gasteiger partial charge in [-0.1, -0.05) is 0 Å². The molecule has 0 fully saturated rings. The third kappa shape index (κ3) is 0.649. The van der Waals surface area contributed by atoms with Crippen molar-refractivity contribution in [1.29, 1.82) is 5.26 Å². The van der Waals surface area contributed by atoms with Gasteiger partial charge in [0.15, 0.2) is 5.58 Å². The van der Waals surface area contributed by atoms with Gasteiger partial charge in [0.05, 0.1) is 5.69 Å². The molecule has 2 aromatic heterocycles. The van der Waals surface area contributed by atoms with E-state index in [9.17, 15) is 0 Å². The van der Waals surface area contributed by atoms with E-state index in [0.717, 1.165) is 5.69 Å². The van der Waals surface area contributed by atoms with Crippen molar-refractivity contribution < 1.29 is 4.42 Å². The lowest BCUT2D eigenvalue weighted by Crippen LogP contribution is -1.71. The maximum atomic E-state index is 8.57. The minimum Gasteiger partial charge on any atom is -0.459 e. The van der Waals surface area contributed by atoms with Crippen molar-refractivity contribution in [3.05, 3.63) is 17.5 Å². The van der Waals surface area contributed by atoms with E-state index in [2.05, 4.69) is 10.2 Å². The SMILES string of the molecule is Cc1[nH]nc2c(C#N)coc12. The Balaban J connectivity index is 2.90. The summed E-state index contributed by atoms with van der Waals surface area (Å²) in [7, 11) is 0. The quantitative estimate of drug-likeness (QED) is 0.611. The predicted octanol–water partition coefficient (Wildman–Crippen LogP) is 1.34. The molecule has 4 heteroatoms. The summed E-state index contributed by atoms with van der Waals surface area (Å²) in [4.78, 5) is 0. The molecule has 2 rings (SSSR count). The van der Waals surface area contributed by atoms with E-state index < -0.39 is 0 Å². The summed E-state index contributed by atoms with van der Waals surface area (Å²) in [5.74, 6) is 0. The summed E-state index contributed by atoms with van der Waals surface area (Å²) >= 11 is 0. The second kappa shape index (κ2) is 1.86. The number of rotatable bonds is 0. The van der Waals surface area contributed by atoms with Crippen LogP contribution in [0.1, 0.15) is 11.3 Å². The van der Waals surface area contributed by atoms with Crippen LogP contribution in [-0.4, -0.2) is 10.2 Å². The molecule has 0 unspecified atom stereocenters. The van der Waals surface area contributed by atoms with Crippen LogP contribution in [0.3, 0.4) is 0 Å². The highest BCUT2D eigenvalue weighted by molar-refractivity contribution is 5.80. The number of aryl methyl sites for hydroxylation is 1. The fourth-order valence-corrected chi connectivity index (χ4v) is 0.999. The van der Waals surface area contributed by atoms with Crippen LogP contribution in [0.2, 0.25) is 0 Å². The Morgan fingerprint density at radius 3 is 3.27 bits per heavy atom. The van der Waals surface area contributed by atoms with Gasteiger partial charge >= 0.3 is 0 Å². The number of H-pyrrole nitrogens is 1. The summed E-state index contributed by atoms with van der Waals surface area (Å²) in [5.41, 5.74) is 2.61. The molecule has 0 radical (unpaired) electrons. The van der Waals surface area contributed by atoms with Crippen LogP contribution in [0.5, 0.6) is 0 Å². The molecule has 0 aliphatic rings. The van der Waals surface area contributed by atoms with Crippen LogP contribution in [0, 0.1) is 18.3 Å². The lowest BCUT2D eigenvalue weighted by atomic mass is 10.3. The number of furan rings is 1. The standard InChI is InChI=1S/C7H5N3O/c1-4-7-6(10-9-4)5(2-8)3-11-7/h3H,1H3,(H,9,10). The molecule has 54 valence electrons. The van der Waals surface area contributed by atoms with Gasteiger partial charge in [0, 0.05) is 0 Å². The molecule has 0 aromatic carbocycles. The van der Waals surface area contributed by atoms with Gasteiger partial charge in [-0.3, -0.25) is 5.10 Å². The second-order valence-corrected chi connectivity index (χ2v) is 2.29. The van der Waals surface area contributed by atoms with Crippen LogP contribution < -0.4 is 0 Å². The Morgan fingerprint density at radius 1 is 1.73 bits per heavy atom. The van der Waals surface area contributed by atoms with Gasteiger partial charge in [-0.25, -0.2) is 0 Å². The smallest absolute Gasteiger partial charge is 0.175 e. The maximum absolute atomic E-state index is 8.57. The van der Waals surface area contributed by atoms with E-state index in [1.807, 2.05) is 13.0 Å². The first-order valence-corrected chi connectivity index (χ1v) is 3.15. The zero-order valence-corrected chi connectivity index (χ0v) is 5.88. The third-order valence-electron chi connectivity index (χ3n) is 1.56. The van der Waals surface area contributed by atoms with E-state index in [-0.39, 0.29) is 0 Å². The molecule has 2 heterocycles. The van der Waals surface area contributed by atoms with Crippen molar-refractivity contribution in [2.75, 3.05) is 0 Å². The molecule has 0 aliphatic heterocycles. The van der Waals surface area contributed by atoms with Crippen LogP contribution in [0.25, 0.3) is 11.1 Å². The molecule has 1 N–H and O–H groups in total. The second-order valence-electron chi connectivity index (χ2n) is 2.29. The fourth-order valence-electron chi connectivity index (χ4n) is 0.999. The van der Waals surface area contributed by atoms with Crippen LogP contribution in [0.15, 0.2) is 10.7 Å². The summed E-state index contributed by atoms with van der Waals surface area (Å²) in [6, 6.07) is 1.99. The number of aromatic nitrogens is 2. The van der Waals surface area contributed by atoms with E-state index in [0.29, 0.717) is 16.7 Å². The third-order valence-corrected chi connectivity index (χ3v) is 1.56. The zero-order chi connectivity index (χ0) is 7.84. The van der Waals surface area contributed by atoms with Crippen molar-refractivity contribution in [1.82, 2.24) is 10.2 Å². The molecule has 0 atom stereocenters. The van der Waals surface area contributed by atoms with Crippen molar-refractivity contribution in [3.8, 4) is 6.07 Å². The summed E-state index contributed by atoms with van der Waals surface area (Å²) in [6.07, 6.45) is 1.42. The molecule has 0 amide bonds. The number of hydrogen-bond acceptors (Lipinski definition) is 3. The average Bonchev–Trinajstić information content (AvgIpc) is 2.53. The van der Waals surface area contributed by atoms with E-state index >= 15 is 0 Å². The monoisotopic (exact) mass is 147 g/mol. The molecular formula is C7H5N3O. The first-order valence-electron chi connectivity index (χ1n) is 3.15. The summed E-state index contributed by atoms with van der Waals surface area (Å²) in [5, 5.41) is 15.2. The summed E-state index contributed by atoms with van der Waals surface area (Å²) < 4.78 is 5.09. The minimum atomic E-state index is 0.476. The topological polar surface area (TPSA) is 65.6 Å². The van der Waals surface area contributed by atoms with E-state index in [1.54, 1.807) is 0 Å². The molecule has 11 heavy (non-hydrogen) atoms. The Bertz CT molecular complexity index is 432. The highest BCUT2D eigenvalue weighted by Crippen LogP contribution is 2.19. The van der Waals surface area contributed by atoms with Crippen molar-refractivity contribution in [2.24, 2.45) is 0 Å². The average molecular weight is 147 g/mol. The molecule has 0 spiro atoms. The predicted molar refractivity (Wildman–Crippen MR) is 37.8 cm³/mol. The zero-order valence-electron chi connectivity index (χ0n) is 5.88. The van der Waals surface area contributed by atoms with Crippen molar-refractivity contribution >= 4 is 11.1 Å². The Morgan fingerprint density at radius 2 is 2.55 bits per heavy atom. The largest absolute Gasteiger partial charge is 0.459 e. The summed E-state index contributed by atoms with van der Waals surface area (Å²) in [6.45, 7) is 1.85. The Kier molecular flexibility index (Phi) is 1.01. The Hall–Kier alpha value is -1.76. The van der Waals surface area contributed by atoms with Gasteiger partial charge in [-0.15, -0.1) is 0 Å². The van der Waals surface area contributed by atoms with Crippen molar-refractivity contribution in [3.63, 3.8) is 0 Å². The number of nitrogens with zero attached hydrogens (tertiary/aromatic N) is 2. The molecule has 0 saturated heterocycles. The lowest BCUT2D eigenvalue weighted by molar-refractivity contribution is 0.611. The van der Waals surface area contributed by atoms with Crippen molar-refractivity contribution in [2.45, 2.75) is 6.92 Å². The van der Waals surface area contributed by atoms with Crippen LogP contribution in [0.4, 0.5) is 0 Å². The number of nitriles is 1. The lowest BCUT2D eigenvalue weighted by Gasteiger charge is -1.75. The van der Waals surface area contributed by atoms with Gasteiger partial charge in [0.25, 0.3) is 0 Å². The van der Waals surface area contributed by atoms with Gasteiger partial charge in [0.2, 0.25) is 0 Å².